The van der Waals surface area contributed by atoms with E-state index in [-0.39, 0.29) is 19.4 Å². The number of hydrogen-bond donors (Lipinski definition) is 3. The first-order chi connectivity index (χ1) is 23.2. The van der Waals surface area contributed by atoms with Crippen molar-refractivity contribution >= 4 is 19.8 Å². The number of esters is 2. The number of phosphoric ester groups is 1. The maximum absolute atomic E-state index is 12.5. The molecule has 0 aromatic carbocycles. The second-order valence-electron chi connectivity index (χ2n) is 13.3. The molecule has 0 fully saturated rings. The molecule has 0 aliphatic carbocycles. The summed E-state index contributed by atoms with van der Waals surface area (Å²) in [7, 11) is -4.60. The Hall–Kier alpha value is -1.03. The van der Waals surface area contributed by atoms with Crippen molar-refractivity contribution in [1.29, 1.82) is 0 Å². The van der Waals surface area contributed by atoms with E-state index in [4.69, 9.17) is 19.1 Å². The molecule has 0 heterocycles. The smallest absolute Gasteiger partial charge is 0.462 e. The Labute approximate surface area is 293 Å². The van der Waals surface area contributed by atoms with Gasteiger partial charge in [-0.05, 0) is 12.8 Å². The molecule has 0 spiro atoms. The van der Waals surface area contributed by atoms with Crippen molar-refractivity contribution in [3.63, 3.8) is 0 Å². The molecule has 0 amide bonds. The lowest BCUT2D eigenvalue weighted by atomic mass is 10.0. The molecule has 0 aromatic rings. The average Bonchev–Trinajstić information content (AvgIpc) is 3.07. The third kappa shape index (κ3) is 33.5. The van der Waals surface area contributed by atoms with Crippen LogP contribution in [0.1, 0.15) is 187 Å². The molecule has 10 nitrogen and oxygen atoms in total. The molecule has 0 bridgehead atoms. The zero-order chi connectivity index (χ0) is 35.6. The normalized spacial score (nSPS) is 14.0. The molecule has 11 heteroatoms. The molecule has 0 saturated carbocycles. The van der Waals surface area contributed by atoms with Gasteiger partial charge >= 0.3 is 19.8 Å². The van der Waals surface area contributed by atoms with Gasteiger partial charge in [-0.1, -0.05) is 162 Å². The molecule has 0 radical (unpaired) electrons. The first kappa shape index (κ1) is 47.0. The Morgan fingerprint density at radius 1 is 0.542 bits per heavy atom. The number of carbonyl (C=O) groups is 2. The Balaban J connectivity index is 4.29. The number of hydrogen-bond acceptors (Lipinski definition) is 9. The molecule has 1 unspecified atom stereocenters. The van der Waals surface area contributed by atoms with Crippen molar-refractivity contribution in [2.75, 3.05) is 26.4 Å². The predicted octanol–water partition coefficient (Wildman–Crippen LogP) is 9.50. The molecular weight excluding hydrogens is 635 g/mol. The number of aliphatic hydroxyl groups is 2. The highest BCUT2D eigenvalue weighted by Crippen LogP contribution is 2.43. The van der Waals surface area contributed by atoms with Crippen LogP contribution in [-0.2, 0) is 32.7 Å². The van der Waals surface area contributed by atoms with Gasteiger partial charge in [0.2, 0.25) is 0 Å². The summed E-state index contributed by atoms with van der Waals surface area (Å²) in [6, 6.07) is 0. The third-order valence-corrected chi connectivity index (χ3v) is 9.46. The van der Waals surface area contributed by atoms with Gasteiger partial charge in [0.05, 0.1) is 19.8 Å². The fraction of sp³-hybridized carbons (Fsp3) is 0.946. The van der Waals surface area contributed by atoms with Gasteiger partial charge < -0.3 is 24.6 Å². The minimum Gasteiger partial charge on any atom is -0.462 e. The van der Waals surface area contributed by atoms with E-state index < -0.39 is 51.8 Å². The zero-order valence-corrected chi connectivity index (χ0v) is 31.6. The fourth-order valence-electron chi connectivity index (χ4n) is 5.46. The number of unbranched alkanes of at least 4 members (excludes halogenated alkanes) is 23. The molecular formula is C37H73O10P. The van der Waals surface area contributed by atoms with Crippen molar-refractivity contribution in [3.8, 4) is 0 Å². The number of aliphatic hydroxyl groups excluding tert-OH is 2. The molecule has 286 valence electrons. The lowest BCUT2D eigenvalue weighted by molar-refractivity contribution is -0.161. The van der Waals surface area contributed by atoms with Gasteiger partial charge in [0.1, 0.15) is 12.7 Å². The Bertz CT molecular complexity index is 781. The summed E-state index contributed by atoms with van der Waals surface area (Å²) in [5.41, 5.74) is 0. The van der Waals surface area contributed by atoms with Crippen LogP contribution in [0.25, 0.3) is 0 Å². The van der Waals surface area contributed by atoms with Crippen LogP contribution in [0.15, 0.2) is 0 Å². The molecule has 0 rings (SSSR count). The number of rotatable bonds is 37. The van der Waals surface area contributed by atoms with Crippen molar-refractivity contribution < 1.29 is 47.8 Å². The van der Waals surface area contributed by atoms with Crippen LogP contribution >= 0.6 is 7.82 Å². The van der Waals surface area contributed by atoms with Crippen molar-refractivity contribution in [1.82, 2.24) is 0 Å². The summed E-state index contributed by atoms with van der Waals surface area (Å²) in [4.78, 5) is 34.8. The number of phosphoric acid groups is 1. The highest BCUT2D eigenvalue weighted by Gasteiger charge is 2.27. The Morgan fingerprint density at radius 3 is 1.29 bits per heavy atom. The van der Waals surface area contributed by atoms with Crippen LogP contribution in [0.3, 0.4) is 0 Å². The molecule has 48 heavy (non-hydrogen) atoms. The van der Waals surface area contributed by atoms with E-state index >= 15 is 0 Å². The summed E-state index contributed by atoms with van der Waals surface area (Å²) in [5.74, 6) is -0.916. The van der Waals surface area contributed by atoms with E-state index in [1.165, 1.54) is 116 Å². The van der Waals surface area contributed by atoms with Crippen LogP contribution in [0.5, 0.6) is 0 Å². The van der Waals surface area contributed by atoms with Crippen molar-refractivity contribution in [2.24, 2.45) is 0 Å². The standard InChI is InChI=1S/C37H73O10P/c1-3-5-7-9-11-13-15-16-17-18-19-21-22-24-26-28-36(40)44-32-35(33-46-48(42,43)45-31-34(39)30-38)47-37(41)29-27-25-23-20-14-12-10-8-6-4-2/h34-35,38-39H,3-33H2,1-2H3,(H,42,43)/t34-,35+/m0/s1. The molecule has 0 aliphatic heterocycles. The summed E-state index contributed by atoms with van der Waals surface area (Å²) < 4.78 is 32.6. The van der Waals surface area contributed by atoms with Crippen LogP contribution < -0.4 is 0 Å². The average molecular weight is 709 g/mol. The molecule has 0 saturated heterocycles. The van der Waals surface area contributed by atoms with E-state index in [1.54, 1.807) is 0 Å². The molecule has 0 aromatic heterocycles. The number of carbonyl (C=O) groups excluding carboxylic acids is 2. The van der Waals surface area contributed by atoms with Crippen molar-refractivity contribution in [2.45, 2.75) is 199 Å². The molecule has 3 atom stereocenters. The highest BCUT2D eigenvalue weighted by molar-refractivity contribution is 7.47. The number of ether oxygens (including phenoxy) is 2. The summed E-state index contributed by atoms with van der Waals surface area (Å²) in [5, 5.41) is 18.2. The van der Waals surface area contributed by atoms with Gasteiger partial charge in [0.25, 0.3) is 0 Å². The quantitative estimate of drug-likeness (QED) is 0.0324. The minimum absolute atomic E-state index is 0.191. The molecule has 3 N–H and O–H groups in total. The second kappa shape index (κ2) is 34.4. The third-order valence-electron chi connectivity index (χ3n) is 8.51. The van der Waals surface area contributed by atoms with E-state index in [1.807, 2.05) is 0 Å². The van der Waals surface area contributed by atoms with E-state index in [9.17, 15) is 24.2 Å². The SMILES string of the molecule is CCCCCCCCCCCCCCCCCC(=O)OC[C@H](COP(=O)(O)OC[C@@H](O)CO)OC(=O)CCCCCCCCCCCC. The van der Waals surface area contributed by atoms with Crippen LogP contribution in [0.4, 0.5) is 0 Å². The van der Waals surface area contributed by atoms with Crippen LogP contribution in [-0.4, -0.2) is 65.7 Å². The fourth-order valence-corrected chi connectivity index (χ4v) is 6.25. The van der Waals surface area contributed by atoms with Crippen LogP contribution in [0, 0.1) is 0 Å². The van der Waals surface area contributed by atoms with E-state index in [2.05, 4.69) is 18.4 Å². The maximum Gasteiger partial charge on any atom is 0.472 e. The lowest BCUT2D eigenvalue weighted by Gasteiger charge is -2.20. The van der Waals surface area contributed by atoms with Gasteiger partial charge in [-0.2, -0.15) is 0 Å². The van der Waals surface area contributed by atoms with Gasteiger partial charge in [-0.15, -0.1) is 0 Å². The topological polar surface area (TPSA) is 149 Å². The monoisotopic (exact) mass is 708 g/mol. The lowest BCUT2D eigenvalue weighted by Crippen LogP contribution is -2.29. The first-order valence-electron chi connectivity index (χ1n) is 19.5. The van der Waals surface area contributed by atoms with Gasteiger partial charge in [0.15, 0.2) is 6.10 Å². The van der Waals surface area contributed by atoms with Gasteiger partial charge in [0, 0.05) is 12.8 Å². The summed E-state index contributed by atoms with van der Waals surface area (Å²) in [6.45, 7) is 2.37. The zero-order valence-electron chi connectivity index (χ0n) is 30.7. The van der Waals surface area contributed by atoms with Crippen LogP contribution in [0.2, 0.25) is 0 Å². The highest BCUT2D eigenvalue weighted by atomic mass is 31.2. The second-order valence-corrected chi connectivity index (χ2v) is 14.8. The van der Waals surface area contributed by atoms with E-state index in [0.717, 1.165) is 32.1 Å². The predicted molar refractivity (Wildman–Crippen MR) is 192 cm³/mol. The Morgan fingerprint density at radius 2 is 0.896 bits per heavy atom. The first-order valence-corrected chi connectivity index (χ1v) is 21.0. The Kier molecular flexibility index (Phi) is 33.7. The minimum atomic E-state index is -4.60. The maximum atomic E-state index is 12.5. The van der Waals surface area contributed by atoms with Gasteiger partial charge in [-0.3, -0.25) is 18.6 Å². The molecule has 0 aliphatic rings. The van der Waals surface area contributed by atoms with E-state index in [0.29, 0.717) is 12.8 Å². The summed E-state index contributed by atoms with van der Waals surface area (Å²) >= 11 is 0. The largest absolute Gasteiger partial charge is 0.472 e. The van der Waals surface area contributed by atoms with Crippen molar-refractivity contribution in [3.05, 3.63) is 0 Å². The summed E-state index contributed by atoms with van der Waals surface area (Å²) in [6.07, 6.45) is 27.9. The van der Waals surface area contributed by atoms with Gasteiger partial charge in [-0.25, -0.2) is 4.57 Å².